The standard InChI is InChI=1S/C16H17NO4/c1-11-3-5-13(21-11)8-17(2)9-14(18)12-4-6-15-16(7-12)20-10-19-15/h3-7H,8-10H2,1-2H3. The summed E-state index contributed by atoms with van der Waals surface area (Å²) in [4.78, 5) is 14.2. The average molecular weight is 287 g/mol. The number of carbonyl (C=O) groups excluding carboxylic acids is 1. The van der Waals surface area contributed by atoms with Crippen molar-refractivity contribution >= 4 is 5.78 Å². The number of fused-ring (bicyclic) bond motifs is 1. The van der Waals surface area contributed by atoms with Crippen LogP contribution in [0.2, 0.25) is 0 Å². The predicted molar refractivity (Wildman–Crippen MR) is 76.7 cm³/mol. The second-order valence-corrected chi connectivity index (χ2v) is 5.18. The van der Waals surface area contributed by atoms with Gasteiger partial charge >= 0.3 is 0 Å². The van der Waals surface area contributed by atoms with Crippen molar-refractivity contribution in [3.05, 3.63) is 47.4 Å². The van der Waals surface area contributed by atoms with Gasteiger partial charge in [-0.3, -0.25) is 9.69 Å². The van der Waals surface area contributed by atoms with Crippen LogP contribution in [0.5, 0.6) is 11.5 Å². The van der Waals surface area contributed by atoms with Gasteiger partial charge in [-0.1, -0.05) is 0 Å². The van der Waals surface area contributed by atoms with E-state index in [0.29, 0.717) is 30.2 Å². The Labute approximate surface area is 123 Å². The largest absolute Gasteiger partial charge is 0.465 e. The number of Topliss-reactive ketones (excluding diaryl/α,β-unsaturated/α-hetero) is 1. The Bertz CT molecular complexity index is 662. The summed E-state index contributed by atoms with van der Waals surface area (Å²) in [7, 11) is 1.89. The third kappa shape index (κ3) is 3.08. The second-order valence-electron chi connectivity index (χ2n) is 5.18. The van der Waals surface area contributed by atoms with E-state index in [4.69, 9.17) is 13.9 Å². The number of benzene rings is 1. The first kappa shape index (κ1) is 13.7. The molecule has 0 atom stereocenters. The minimum absolute atomic E-state index is 0.0408. The van der Waals surface area contributed by atoms with E-state index in [1.54, 1.807) is 18.2 Å². The lowest BCUT2D eigenvalue weighted by Gasteiger charge is -2.14. The van der Waals surface area contributed by atoms with Crippen LogP contribution in [0, 0.1) is 6.92 Å². The van der Waals surface area contributed by atoms with Crippen molar-refractivity contribution in [3.8, 4) is 11.5 Å². The zero-order valence-corrected chi connectivity index (χ0v) is 12.1. The lowest BCUT2D eigenvalue weighted by atomic mass is 10.1. The topological polar surface area (TPSA) is 51.9 Å². The summed E-state index contributed by atoms with van der Waals surface area (Å²) in [5.74, 6) is 3.09. The summed E-state index contributed by atoms with van der Waals surface area (Å²) in [5.41, 5.74) is 0.627. The molecule has 1 aromatic carbocycles. The third-order valence-corrected chi connectivity index (χ3v) is 3.33. The molecular formula is C16H17NO4. The van der Waals surface area contributed by atoms with E-state index in [1.165, 1.54) is 0 Å². The highest BCUT2D eigenvalue weighted by Gasteiger charge is 2.17. The molecule has 5 heteroatoms. The van der Waals surface area contributed by atoms with Crippen LogP contribution in [0.1, 0.15) is 21.9 Å². The summed E-state index contributed by atoms with van der Waals surface area (Å²) in [5, 5.41) is 0. The minimum atomic E-state index is 0.0408. The highest BCUT2D eigenvalue weighted by Crippen LogP contribution is 2.32. The molecule has 2 heterocycles. The molecule has 2 aromatic rings. The molecule has 0 saturated carbocycles. The summed E-state index contributed by atoms with van der Waals surface area (Å²) in [6, 6.07) is 9.11. The van der Waals surface area contributed by atoms with Crippen LogP contribution in [-0.4, -0.2) is 31.1 Å². The smallest absolute Gasteiger partial charge is 0.231 e. The highest BCUT2D eigenvalue weighted by molar-refractivity contribution is 5.98. The number of hydrogen-bond acceptors (Lipinski definition) is 5. The van der Waals surface area contributed by atoms with Crippen molar-refractivity contribution in [1.29, 1.82) is 0 Å². The monoisotopic (exact) mass is 287 g/mol. The number of likely N-dealkylation sites (N-methyl/N-ethyl adjacent to an activating group) is 1. The molecule has 0 radical (unpaired) electrons. The Morgan fingerprint density at radius 2 is 2.00 bits per heavy atom. The maximum absolute atomic E-state index is 12.3. The Morgan fingerprint density at radius 1 is 1.19 bits per heavy atom. The normalized spacial score (nSPS) is 12.9. The Balaban J connectivity index is 1.63. The minimum Gasteiger partial charge on any atom is -0.465 e. The zero-order chi connectivity index (χ0) is 14.8. The number of furan rings is 1. The van der Waals surface area contributed by atoms with Gasteiger partial charge in [-0.2, -0.15) is 0 Å². The molecule has 21 heavy (non-hydrogen) atoms. The first-order valence-electron chi connectivity index (χ1n) is 6.78. The molecule has 0 aliphatic carbocycles. The van der Waals surface area contributed by atoms with E-state index >= 15 is 0 Å². The first-order chi connectivity index (χ1) is 10.1. The lowest BCUT2D eigenvalue weighted by Crippen LogP contribution is -2.25. The molecule has 0 amide bonds. The molecule has 5 nitrogen and oxygen atoms in total. The molecule has 0 fully saturated rings. The van der Waals surface area contributed by atoms with Gasteiger partial charge in [-0.25, -0.2) is 0 Å². The van der Waals surface area contributed by atoms with Crippen LogP contribution in [0.4, 0.5) is 0 Å². The SMILES string of the molecule is Cc1ccc(CN(C)CC(=O)c2ccc3c(c2)OCO3)o1. The fraction of sp³-hybridized carbons (Fsp3) is 0.312. The van der Waals surface area contributed by atoms with E-state index in [9.17, 15) is 4.79 Å². The molecule has 0 saturated heterocycles. The maximum Gasteiger partial charge on any atom is 0.231 e. The van der Waals surface area contributed by atoms with Gasteiger partial charge in [0.15, 0.2) is 17.3 Å². The van der Waals surface area contributed by atoms with Gasteiger partial charge in [-0.05, 0) is 44.3 Å². The van der Waals surface area contributed by atoms with E-state index in [-0.39, 0.29) is 12.6 Å². The molecule has 0 bridgehead atoms. The number of ether oxygens (including phenoxy) is 2. The number of hydrogen-bond donors (Lipinski definition) is 0. The van der Waals surface area contributed by atoms with E-state index in [2.05, 4.69) is 0 Å². The van der Waals surface area contributed by atoms with Gasteiger partial charge in [0.05, 0.1) is 13.1 Å². The van der Waals surface area contributed by atoms with E-state index in [1.807, 2.05) is 31.0 Å². The van der Waals surface area contributed by atoms with Crippen molar-refractivity contribution in [1.82, 2.24) is 4.90 Å². The summed E-state index contributed by atoms with van der Waals surface area (Å²) < 4.78 is 16.0. The zero-order valence-electron chi connectivity index (χ0n) is 12.1. The number of carbonyl (C=O) groups is 1. The fourth-order valence-electron chi connectivity index (χ4n) is 2.30. The van der Waals surface area contributed by atoms with Gasteiger partial charge in [0.1, 0.15) is 11.5 Å². The molecule has 110 valence electrons. The Morgan fingerprint density at radius 3 is 2.76 bits per heavy atom. The number of rotatable bonds is 5. The van der Waals surface area contributed by atoms with Gasteiger partial charge in [-0.15, -0.1) is 0 Å². The van der Waals surface area contributed by atoms with Crippen molar-refractivity contribution in [2.24, 2.45) is 0 Å². The van der Waals surface area contributed by atoms with Gasteiger partial charge in [0.2, 0.25) is 6.79 Å². The molecule has 0 unspecified atom stereocenters. The van der Waals surface area contributed by atoms with E-state index < -0.39 is 0 Å². The molecule has 1 aliphatic heterocycles. The first-order valence-corrected chi connectivity index (χ1v) is 6.78. The van der Waals surface area contributed by atoms with E-state index in [0.717, 1.165) is 11.5 Å². The highest BCUT2D eigenvalue weighted by atomic mass is 16.7. The second kappa shape index (κ2) is 5.61. The number of aryl methyl sites for hydroxylation is 1. The maximum atomic E-state index is 12.3. The van der Waals surface area contributed by atoms with Crippen LogP contribution in [0.3, 0.4) is 0 Å². The molecule has 0 spiro atoms. The fourth-order valence-corrected chi connectivity index (χ4v) is 2.30. The van der Waals surface area contributed by atoms with Crippen molar-refractivity contribution in [2.45, 2.75) is 13.5 Å². The molecular weight excluding hydrogens is 270 g/mol. The van der Waals surface area contributed by atoms with Crippen LogP contribution in [0.25, 0.3) is 0 Å². The van der Waals surface area contributed by atoms with Gasteiger partial charge in [0, 0.05) is 5.56 Å². The van der Waals surface area contributed by atoms with Crippen molar-refractivity contribution in [3.63, 3.8) is 0 Å². The van der Waals surface area contributed by atoms with Gasteiger partial charge < -0.3 is 13.9 Å². The molecule has 0 N–H and O–H groups in total. The van der Waals surface area contributed by atoms with Gasteiger partial charge in [0.25, 0.3) is 0 Å². The summed E-state index contributed by atoms with van der Waals surface area (Å²) >= 11 is 0. The number of ketones is 1. The van der Waals surface area contributed by atoms with Crippen LogP contribution in [-0.2, 0) is 6.54 Å². The molecule has 1 aromatic heterocycles. The predicted octanol–water partition coefficient (Wildman–Crippen LogP) is 2.63. The average Bonchev–Trinajstić information content (AvgIpc) is 3.06. The molecule has 1 aliphatic rings. The third-order valence-electron chi connectivity index (χ3n) is 3.33. The van der Waals surface area contributed by atoms with Crippen LogP contribution < -0.4 is 9.47 Å². The van der Waals surface area contributed by atoms with Crippen LogP contribution in [0.15, 0.2) is 34.7 Å². The van der Waals surface area contributed by atoms with Crippen LogP contribution >= 0.6 is 0 Å². The number of nitrogens with zero attached hydrogens (tertiary/aromatic N) is 1. The lowest BCUT2D eigenvalue weighted by molar-refractivity contribution is 0.0939. The molecule has 3 rings (SSSR count). The van der Waals surface area contributed by atoms with Crippen molar-refractivity contribution in [2.75, 3.05) is 20.4 Å². The van der Waals surface area contributed by atoms with Crippen molar-refractivity contribution < 1.29 is 18.7 Å². The Hall–Kier alpha value is -2.27. The quantitative estimate of drug-likeness (QED) is 0.791. The summed E-state index contributed by atoms with van der Waals surface area (Å²) in [6.45, 7) is 3.04. The Kier molecular flexibility index (Phi) is 3.66. The summed E-state index contributed by atoms with van der Waals surface area (Å²) in [6.07, 6.45) is 0.